The molecule has 2 saturated heterocycles. The van der Waals surface area contributed by atoms with Gasteiger partial charge in [-0.3, -0.25) is 0 Å². The van der Waals surface area contributed by atoms with Crippen molar-refractivity contribution in [3.8, 4) is 0 Å². The van der Waals surface area contributed by atoms with Gasteiger partial charge in [-0.15, -0.1) is 0 Å². The van der Waals surface area contributed by atoms with E-state index in [2.05, 4.69) is 9.88 Å². The Labute approximate surface area is 125 Å². The summed E-state index contributed by atoms with van der Waals surface area (Å²) in [5.41, 5.74) is 1.83. The molecule has 0 saturated carbocycles. The number of piperidine rings is 1. The number of hydrogen-bond acceptors (Lipinski definition) is 5. The molecular formula is C16H22N2O3. The third-order valence-corrected chi connectivity index (χ3v) is 4.73. The number of carbonyl (C=O) groups excluding carboxylic acids is 1. The lowest BCUT2D eigenvalue weighted by Gasteiger charge is -2.39. The minimum atomic E-state index is -0.318. The Kier molecular flexibility index (Phi) is 3.85. The Morgan fingerprint density at radius 3 is 2.71 bits per heavy atom. The van der Waals surface area contributed by atoms with Gasteiger partial charge in [0.05, 0.1) is 13.7 Å². The van der Waals surface area contributed by atoms with Crippen LogP contribution in [0.1, 0.15) is 35.3 Å². The van der Waals surface area contributed by atoms with Crippen LogP contribution in [-0.2, 0) is 9.47 Å². The second-order valence-electron chi connectivity index (χ2n) is 6.11. The molecule has 1 spiro atoms. The predicted molar refractivity (Wildman–Crippen MR) is 79.6 cm³/mol. The maximum absolute atomic E-state index is 11.9. The van der Waals surface area contributed by atoms with Gasteiger partial charge in [-0.2, -0.15) is 0 Å². The highest BCUT2D eigenvalue weighted by molar-refractivity contribution is 5.94. The zero-order chi connectivity index (χ0) is 14.9. The smallest absolute Gasteiger partial charge is 0.341 e. The molecule has 0 radical (unpaired) electrons. The Balaban J connectivity index is 1.81. The molecule has 2 fully saturated rings. The number of nitrogens with zero attached hydrogens (tertiary/aromatic N) is 2. The highest BCUT2D eigenvalue weighted by atomic mass is 16.5. The van der Waals surface area contributed by atoms with Gasteiger partial charge in [-0.05, 0) is 43.7 Å². The van der Waals surface area contributed by atoms with Gasteiger partial charge in [0.25, 0.3) is 0 Å². The molecule has 3 rings (SSSR count). The lowest BCUT2D eigenvalue weighted by molar-refractivity contribution is 0.0600. The van der Waals surface area contributed by atoms with Crippen molar-refractivity contribution in [2.45, 2.75) is 26.2 Å². The highest BCUT2D eigenvalue weighted by Crippen LogP contribution is 2.40. The molecule has 0 atom stereocenters. The van der Waals surface area contributed by atoms with Crippen molar-refractivity contribution in [2.75, 3.05) is 38.3 Å². The van der Waals surface area contributed by atoms with Gasteiger partial charge in [0, 0.05) is 25.4 Å². The number of aryl methyl sites for hydroxylation is 1. The number of anilines is 1. The van der Waals surface area contributed by atoms with Crippen LogP contribution in [0.4, 0.5) is 5.82 Å². The molecule has 1 aromatic heterocycles. The molecule has 0 N–H and O–H groups in total. The topological polar surface area (TPSA) is 51.7 Å². The average Bonchev–Trinajstić information content (AvgIpc) is 2.95. The first-order chi connectivity index (χ1) is 10.1. The number of rotatable bonds is 2. The summed E-state index contributed by atoms with van der Waals surface area (Å²) in [5, 5.41) is 0. The van der Waals surface area contributed by atoms with Gasteiger partial charge in [-0.1, -0.05) is 0 Å². The first-order valence-corrected chi connectivity index (χ1v) is 7.52. The van der Waals surface area contributed by atoms with Crippen LogP contribution in [0.5, 0.6) is 0 Å². The van der Waals surface area contributed by atoms with Crippen molar-refractivity contribution < 1.29 is 14.3 Å². The number of pyridine rings is 1. The van der Waals surface area contributed by atoms with Crippen molar-refractivity contribution in [1.82, 2.24) is 4.98 Å². The Morgan fingerprint density at radius 1 is 1.33 bits per heavy atom. The summed E-state index contributed by atoms with van der Waals surface area (Å²) in [4.78, 5) is 18.7. The van der Waals surface area contributed by atoms with E-state index in [4.69, 9.17) is 9.47 Å². The summed E-state index contributed by atoms with van der Waals surface area (Å²) in [5.74, 6) is 0.442. The number of ether oxygens (including phenoxy) is 2. The lowest BCUT2D eigenvalue weighted by Crippen LogP contribution is -2.41. The second kappa shape index (κ2) is 5.64. The number of methoxy groups -OCH3 is 1. The predicted octanol–water partition coefficient (Wildman–Crippen LogP) is 2.18. The van der Waals surface area contributed by atoms with E-state index in [1.807, 2.05) is 19.1 Å². The summed E-state index contributed by atoms with van der Waals surface area (Å²) in [6, 6.07) is 3.67. The van der Waals surface area contributed by atoms with E-state index in [9.17, 15) is 4.79 Å². The molecular weight excluding hydrogens is 268 g/mol. The minimum absolute atomic E-state index is 0.318. The zero-order valence-corrected chi connectivity index (χ0v) is 12.7. The summed E-state index contributed by atoms with van der Waals surface area (Å²) >= 11 is 0. The maximum atomic E-state index is 11.9. The SMILES string of the molecule is COC(=O)c1ccc(C)nc1N1CCC2(CCOC2)CC1. The van der Waals surface area contributed by atoms with E-state index in [1.165, 1.54) is 7.11 Å². The molecule has 0 aromatic carbocycles. The van der Waals surface area contributed by atoms with Crippen molar-refractivity contribution in [1.29, 1.82) is 0 Å². The molecule has 21 heavy (non-hydrogen) atoms. The molecule has 0 amide bonds. The van der Waals surface area contributed by atoms with Crippen molar-refractivity contribution >= 4 is 11.8 Å². The highest BCUT2D eigenvalue weighted by Gasteiger charge is 2.38. The first kappa shape index (κ1) is 14.3. The van der Waals surface area contributed by atoms with E-state index in [-0.39, 0.29) is 5.97 Å². The van der Waals surface area contributed by atoms with E-state index >= 15 is 0 Å². The monoisotopic (exact) mass is 290 g/mol. The Hall–Kier alpha value is -1.62. The molecule has 0 unspecified atom stereocenters. The molecule has 114 valence electrons. The minimum Gasteiger partial charge on any atom is -0.465 e. The lowest BCUT2D eigenvalue weighted by atomic mass is 9.78. The summed E-state index contributed by atoms with van der Waals surface area (Å²) in [6.07, 6.45) is 3.36. The van der Waals surface area contributed by atoms with Crippen LogP contribution < -0.4 is 4.90 Å². The normalized spacial score (nSPS) is 20.8. The fourth-order valence-corrected chi connectivity index (χ4v) is 3.29. The van der Waals surface area contributed by atoms with Crippen LogP contribution in [0.15, 0.2) is 12.1 Å². The number of carbonyl (C=O) groups is 1. The Morgan fingerprint density at radius 2 is 2.10 bits per heavy atom. The van der Waals surface area contributed by atoms with Crippen LogP contribution in [0.2, 0.25) is 0 Å². The summed E-state index contributed by atoms with van der Waals surface area (Å²) in [7, 11) is 1.41. The van der Waals surface area contributed by atoms with Crippen molar-refractivity contribution in [3.63, 3.8) is 0 Å². The van der Waals surface area contributed by atoms with Crippen LogP contribution in [0.25, 0.3) is 0 Å². The van der Waals surface area contributed by atoms with Gasteiger partial charge in [0.2, 0.25) is 0 Å². The average molecular weight is 290 g/mol. The third-order valence-electron chi connectivity index (χ3n) is 4.73. The zero-order valence-electron chi connectivity index (χ0n) is 12.7. The van der Waals surface area contributed by atoms with Crippen LogP contribution in [0.3, 0.4) is 0 Å². The largest absolute Gasteiger partial charge is 0.465 e. The molecule has 3 heterocycles. The molecule has 0 bridgehead atoms. The van der Waals surface area contributed by atoms with Crippen molar-refractivity contribution in [2.24, 2.45) is 5.41 Å². The molecule has 2 aliphatic rings. The van der Waals surface area contributed by atoms with Crippen LogP contribution >= 0.6 is 0 Å². The molecule has 0 aliphatic carbocycles. The van der Waals surface area contributed by atoms with Crippen molar-refractivity contribution in [3.05, 3.63) is 23.4 Å². The summed E-state index contributed by atoms with van der Waals surface area (Å²) < 4.78 is 10.4. The van der Waals surface area contributed by atoms with Gasteiger partial charge >= 0.3 is 5.97 Å². The fourth-order valence-electron chi connectivity index (χ4n) is 3.29. The Bertz CT molecular complexity index is 528. The second-order valence-corrected chi connectivity index (χ2v) is 6.11. The summed E-state index contributed by atoms with van der Waals surface area (Å²) in [6.45, 7) is 5.55. The number of hydrogen-bond donors (Lipinski definition) is 0. The third kappa shape index (κ3) is 2.75. The van der Waals surface area contributed by atoms with E-state index in [0.29, 0.717) is 11.0 Å². The van der Waals surface area contributed by atoms with Crippen LogP contribution in [-0.4, -0.2) is 44.4 Å². The van der Waals surface area contributed by atoms with Gasteiger partial charge < -0.3 is 14.4 Å². The van der Waals surface area contributed by atoms with Gasteiger partial charge in [0.15, 0.2) is 0 Å². The first-order valence-electron chi connectivity index (χ1n) is 7.52. The van der Waals surface area contributed by atoms with Gasteiger partial charge in [0.1, 0.15) is 11.4 Å². The van der Waals surface area contributed by atoms with E-state index < -0.39 is 0 Å². The van der Waals surface area contributed by atoms with Gasteiger partial charge in [-0.25, -0.2) is 9.78 Å². The molecule has 1 aromatic rings. The number of aromatic nitrogens is 1. The molecule has 5 nitrogen and oxygen atoms in total. The molecule has 2 aliphatic heterocycles. The van der Waals surface area contributed by atoms with E-state index in [1.54, 1.807) is 0 Å². The van der Waals surface area contributed by atoms with Crippen LogP contribution in [0, 0.1) is 12.3 Å². The maximum Gasteiger partial charge on any atom is 0.341 e. The van der Waals surface area contributed by atoms with E-state index in [0.717, 1.165) is 57.1 Å². The number of esters is 1. The fraction of sp³-hybridized carbons (Fsp3) is 0.625. The quantitative estimate of drug-likeness (QED) is 0.781. The molecule has 5 heteroatoms. The standard InChI is InChI=1S/C16H22N2O3/c1-12-3-4-13(15(19)20-2)14(17-12)18-8-5-16(6-9-18)7-10-21-11-16/h3-4H,5-11H2,1-2H3.